The summed E-state index contributed by atoms with van der Waals surface area (Å²) in [6, 6.07) is 8.88. The van der Waals surface area contributed by atoms with Crippen molar-refractivity contribution in [3.8, 4) is 0 Å². The zero-order valence-corrected chi connectivity index (χ0v) is 22.3. The summed E-state index contributed by atoms with van der Waals surface area (Å²) in [5.74, 6) is 0. The van der Waals surface area contributed by atoms with Crippen molar-refractivity contribution in [2.45, 2.75) is 13.8 Å². The van der Waals surface area contributed by atoms with Crippen molar-refractivity contribution in [2.24, 2.45) is 0 Å². The predicted molar refractivity (Wildman–Crippen MR) is 145 cm³/mol. The smallest absolute Gasteiger partial charge is 0.0595 e. The van der Waals surface area contributed by atoms with Gasteiger partial charge in [-0.25, -0.2) is 0 Å². The molecule has 2 aliphatic heterocycles. The summed E-state index contributed by atoms with van der Waals surface area (Å²) in [5, 5.41) is 4.39. The highest BCUT2D eigenvalue weighted by Gasteiger charge is 2.30. The van der Waals surface area contributed by atoms with Gasteiger partial charge in [-0.2, -0.15) is 0 Å². The van der Waals surface area contributed by atoms with Crippen LogP contribution in [0.2, 0.25) is 0 Å². The topological polar surface area (TPSA) is 0 Å². The first kappa shape index (κ1) is 21.7. The van der Waals surface area contributed by atoms with Gasteiger partial charge in [-0.15, -0.1) is 46.2 Å². The molecule has 2 aromatic heterocycles. The molecule has 146 valence electrons. The zero-order valence-electron chi connectivity index (χ0n) is 15.7. The average Bonchev–Trinajstić information content (AvgIpc) is 3.47. The molecule has 0 unspecified atom stereocenters. The van der Waals surface area contributed by atoms with E-state index in [1.807, 2.05) is 93.2 Å². The van der Waals surface area contributed by atoms with Gasteiger partial charge in [-0.3, -0.25) is 0 Å². The Balaban J connectivity index is 1.91. The molecule has 4 heterocycles. The van der Waals surface area contributed by atoms with E-state index >= 15 is 0 Å². The first-order valence-corrected chi connectivity index (χ1v) is 15.9. The van der Waals surface area contributed by atoms with E-state index in [-0.39, 0.29) is 0 Å². The Morgan fingerprint density at radius 3 is 1.39 bits per heavy atom. The summed E-state index contributed by atoms with van der Waals surface area (Å²) in [5.41, 5.74) is 2.81. The minimum absolute atomic E-state index is 1.36. The Hall–Kier alpha value is 0.460. The molecular weight excluding hydrogens is 497 g/mol. The molecule has 0 nitrogen and oxygen atoms in total. The van der Waals surface area contributed by atoms with Crippen LogP contribution in [0.4, 0.5) is 0 Å². The summed E-state index contributed by atoms with van der Waals surface area (Å²) in [4.78, 5) is 5.56. The molecule has 2 aromatic rings. The van der Waals surface area contributed by atoms with Gasteiger partial charge in [0.25, 0.3) is 0 Å². The van der Waals surface area contributed by atoms with Gasteiger partial charge in [0, 0.05) is 30.7 Å². The van der Waals surface area contributed by atoms with Crippen LogP contribution >= 0.6 is 93.2 Å². The predicted octanol–water partition coefficient (Wildman–Crippen LogP) is 9.91. The molecule has 0 amide bonds. The molecule has 0 aliphatic carbocycles. The Kier molecular flexibility index (Phi) is 7.53. The number of allylic oxidation sites excluding steroid dienone is 4. The van der Waals surface area contributed by atoms with Gasteiger partial charge >= 0.3 is 0 Å². The minimum atomic E-state index is 1.36. The highest BCUT2D eigenvalue weighted by atomic mass is 32.2. The zero-order chi connectivity index (χ0) is 19.7. The number of hydrogen-bond acceptors (Lipinski definition) is 8. The lowest BCUT2D eigenvalue weighted by Gasteiger charge is -2.16. The molecule has 28 heavy (non-hydrogen) atoms. The number of rotatable bonds is 5. The maximum Gasteiger partial charge on any atom is 0.0595 e. The highest BCUT2D eigenvalue weighted by molar-refractivity contribution is 8.36. The van der Waals surface area contributed by atoms with Crippen molar-refractivity contribution in [1.29, 1.82) is 0 Å². The molecule has 0 saturated heterocycles. The standard InChI is InChI=1S/C20H18S8/c1-11-17(21-3)27-19(25-11)15(13-7-5-9-23-13)16(14-8-6-10-24-14)20-26-12(2)18(22-4)28-20/h5-10H,1-4H3/b19-15-,20-16+. The van der Waals surface area contributed by atoms with E-state index in [4.69, 9.17) is 0 Å². The van der Waals surface area contributed by atoms with Gasteiger partial charge in [0.2, 0.25) is 0 Å². The quantitative estimate of drug-likeness (QED) is 0.386. The second-order valence-electron chi connectivity index (χ2n) is 5.78. The van der Waals surface area contributed by atoms with E-state index in [1.165, 1.54) is 47.7 Å². The van der Waals surface area contributed by atoms with Crippen molar-refractivity contribution in [3.05, 3.63) is 71.5 Å². The molecular formula is C20H18S8. The van der Waals surface area contributed by atoms with Crippen LogP contribution in [0.5, 0.6) is 0 Å². The van der Waals surface area contributed by atoms with Crippen LogP contribution in [0.25, 0.3) is 11.1 Å². The Bertz CT molecular complexity index is 905. The molecule has 0 radical (unpaired) electrons. The monoisotopic (exact) mass is 514 g/mol. The Labute approximate surface area is 200 Å². The molecule has 4 rings (SSSR count). The van der Waals surface area contributed by atoms with Crippen LogP contribution in [0.1, 0.15) is 23.6 Å². The molecule has 0 atom stereocenters. The van der Waals surface area contributed by atoms with Gasteiger partial charge in [0.05, 0.1) is 16.9 Å². The molecule has 0 bridgehead atoms. The summed E-state index contributed by atoms with van der Waals surface area (Å²) in [6.45, 7) is 4.49. The molecule has 2 aliphatic rings. The third-order valence-corrected chi connectivity index (χ3v) is 13.7. The van der Waals surface area contributed by atoms with Crippen LogP contribution in [0.15, 0.2) is 61.8 Å². The normalized spacial score (nSPS) is 21.1. The largest absolute Gasteiger partial charge is 0.144 e. The molecule has 0 aromatic carbocycles. The van der Waals surface area contributed by atoms with Crippen LogP contribution in [0, 0.1) is 0 Å². The van der Waals surface area contributed by atoms with Crippen LogP contribution in [0.3, 0.4) is 0 Å². The van der Waals surface area contributed by atoms with E-state index in [2.05, 4.69) is 61.4 Å². The van der Waals surface area contributed by atoms with Gasteiger partial charge in [-0.05, 0) is 49.3 Å². The molecule has 8 heteroatoms. The van der Waals surface area contributed by atoms with Gasteiger partial charge in [0.1, 0.15) is 0 Å². The van der Waals surface area contributed by atoms with Crippen LogP contribution in [-0.2, 0) is 0 Å². The second kappa shape index (κ2) is 9.73. The average molecular weight is 515 g/mol. The van der Waals surface area contributed by atoms with Crippen molar-refractivity contribution in [1.82, 2.24) is 0 Å². The molecule has 0 fully saturated rings. The fourth-order valence-electron chi connectivity index (χ4n) is 2.78. The Morgan fingerprint density at radius 1 is 0.679 bits per heavy atom. The summed E-state index contributed by atoms with van der Waals surface area (Å²) >= 11 is 15.2. The number of hydrogen-bond donors (Lipinski definition) is 0. The lowest BCUT2D eigenvalue weighted by Crippen LogP contribution is -1.90. The van der Waals surface area contributed by atoms with E-state index in [0.29, 0.717) is 0 Å². The van der Waals surface area contributed by atoms with Crippen LogP contribution < -0.4 is 0 Å². The summed E-state index contributed by atoms with van der Waals surface area (Å²) in [7, 11) is 0. The van der Waals surface area contributed by atoms with Gasteiger partial charge in [0.15, 0.2) is 0 Å². The van der Waals surface area contributed by atoms with Crippen molar-refractivity contribution < 1.29 is 0 Å². The van der Waals surface area contributed by atoms with E-state index in [0.717, 1.165) is 0 Å². The third-order valence-electron chi connectivity index (χ3n) is 4.00. The first-order chi connectivity index (χ1) is 13.6. The summed E-state index contributed by atoms with van der Waals surface area (Å²) < 4.78 is 5.68. The lowest BCUT2D eigenvalue weighted by atomic mass is 10.1. The minimum Gasteiger partial charge on any atom is -0.144 e. The van der Waals surface area contributed by atoms with Crippen molar-refractivity contribution in [3.63, 3.8) is 0 Å². The van der Waals surface area contributed by atoms with Gasteiger partial charge < -0.3 is 0 Å². The fourth-order valence-corrected chi connectivity index (χ4v) is 12.1. The third kappa shape index (κ3) is 4.40. The fraction of sp³-hybridized carbons (Fsp3) is 0.200. The second-order valence-corrected chi connectivity index (χ2v) is 14.8. The van der Waals surface area contributed by atoms with E-state index in [1.54, 1.807) is 0 Å². The van der Waals surface area contributed by atoms with E-state index in [9.17, 15) is 0 Å². The highest BCUT2D eigenvalue weighted by Crippen LogP contribution is 2.62. The SMILES string of the molecule is CSC1=C(C)S/C(=C(\C(=C2\SC(C)=C(SC)S2)c2cccs2)c2cccs2)S1. The molecule has 0 saturated carbocycles. The Morgan fingerprint density at radius 2 is 1.11 bits per heavy atom. The van der Waals surface area contributed by atoms with Gasteiger partial charge in [-0.1, -0.05) is 59.2 Å². The van der Waals surface area contributed by atoms with Crippen LogP contribution in [-0.4, -0.2) is 12.5 Å². The maximum atomic E-state index is 2.27. The maximum absolute atomic E-state index is 2.27. The number of thiophene rings is 2. The molecule has 0 N–H and O–H groups in total. The van der Waals surface area contributed by atoms with Crippen molar-refractivity contribution >= 4 is 104 Å². The van der Waals surface area contributed by atoms with Crippen molar-refractivity contribution in [2.75, 3.05) is 12.5 Å². The van der Waals surface area contributed by atoms with E-state index < -0.39 is 0 Å². The number of thioether (sulfide) groups is 6. The first-order valence-electron chi connectivity index (χ1n) is 8.40. The summed E-state index contributed by atoms with van der Waals surface area (Å²) in [6.07, 6.45) is 4.36. The molecule has 0 spiro atoms. The lowest BCUT2D eigenvalue weighted by molar-refractivity contribution is 1.71.